The zero-order chi connectivity index (χ0) is 18.6. The van der Waals surface area contributed by atoms with Gasteiger partial charge >= 0.3 is 0 Å². The van der Waals surface area contributed by atoms with Gasteiger partial charge in [0.25, 0.3) is 5.91 Å². The van der Waals surface area contributed by atoms with E-state index in [0.717, 1.165) is 5.01 Å². The minimum absolute atomic E-state index is 0.144. The van der Waals surface area contributed by atoms with Crippen LogP contribution in [0.4, 0.5) is 0 Å². The molecule has 0 spiro atoms. The summed E-state index contributed by atoms with van der Waals surface area (Å²) in [5.74, 6) is 0.788. The molecule has 2 rings (SSSR count). The number of nitrogens with two attached hydrogens (primary N) is 1. The van der Waals surface area contributed by atoms with Crippen LogP contribution in [0.3, 0.4) is 0 Å². The van der Waals surface area contributed by atoms with Gasteiger partial charge in [0.05, 0.1) is 11.2 Å². The van der Waals surface area contributed by atoms with Gasteiger partial charge in [0.1, 0.15) is 22.2 Å². The van der Waals surface area contributed by atoms with Gasteiger partial charge in [-0.05, 0) is 44.0 Å². The molecule has 1 aromatic heterocycles. The zero-order valence-electron chi connectivity index (χ0n) is 14.9. The summed E-state index contributed by atoms with van der Waals surface area (Å²) < 4.78 is 5.69. The number of halogens is 1. The monoisotopic (exact) mass is 381 g/mol. The van der Waals surface area contributed by atoms with Crippen LogP contribution in [0, 0.1) is 12.8 Å². The smallest absolute Gasteiger partial charge is 0.263 e. The maximum absolute atomic E-state index is 12.6. The second-order valence-electron chi connectivity index (χ2n) is 6.50. The van der Waals surface area contributed by atoms with Crippen molar-refractivity contribution in [1.82, 2.24) is 10.3 Å². The van der Waals surface area contributed by atoms with Crippen LogP contribution in [0.2, 0.25) is 5.02 Å². The summed E-state index contributed by atoms with van der Waals surface area (Å²) in [6.07, 6.45) is 0. The lowest BCUT2D eigenvalue weighted by molar-refractivity contribution is 0.0886. The molecule has 5 nitrogen and oxygen atoms in total. The summed E-state index contributed by atoms with van der Waals surface area (Å²) in [5.41, 5.74) is 6.09. The molecule has 0 saturated heterocycles. The van der Waals surface area contributed by atoms with Gasteiger partial charge in [0, 0.05) is 11.6 Å². The molecular formula is C18H24ClN3O2S. The number of hydrogen-bond acceptors (Lipinski definition) is 5. The van der Waals surface area contributed by atoms with E-state index in [4.69, 9.17) is 22.1 Å². The SMILES string of the molecule is Cc1nc(COc2ccc(Cl)cc2)sc1C(=O)NC(C)(CN)C(C)C. The molecule has 0 radical (unpaired) electrons. The molecule has 0 aliphatic carbocycles. The van der Waals surface area contributed by atoms with E-state index >= 15 is 0 Å². The fraction of sp³-hybridized carbons (Fsp3) is 0.444. The Labute approximate surface area is 157 Å². The third-order valence-electron chi connectivity index (χ3n) is 4.32. The lowest BCUT2D eigenvalue weighted by Crippen LogP contribution is -2.54. The highest BCUT2D eigenvalue weighted by molar-refractivity contribution is 7.13. The average Bonchev–Trinajstić information content (AvgIpc) is 2.95. The van der Waals surface area contributed by atoms with Crippen molar-refractivity contribution >= 4 is 28.8 Å². The second-order valence-corrected chi connectivity index (χ2v) is 8.02. The standard InChI is InChI=1S/C18H24ClN3O2S/c1-11(2)18(4,10-20)22-17(23)16-12(3)21-15(25-16)9-24-14-7-5-13(19)6-8-14/h5-8,11H,9-10,20H2,1-4H3,(H,22,23). The van der Waals surface area contributed by atoms with Crippen molar-refractivity contribution < 1.29 is 9.53 Å². The van der Waals surface area contributed by atoms with Crippen molar-refractivity contribution in [2.75, 3.05) is 6.54 Å². The second kappa shape index (κ2) is 8.17. The van der Waals surface area contributed by atoms with E-state index in [0.29, 0.717) is 34.5 Å². The topological polar surface area (TPSA) is 77.2 Å². The van der Waals surface area contributed by atoms with Gasteiger partial charge in [-0.2, -0.15) is 0 Å². The molecule has 0 bridgehead atoms. The maximum atomic E-state index is 12.6. The Morgan fingerprint density at radius 1 is 1.40 bits per heavy atom. The summed E-state index contributed by atoms with van der Waals surface area (Å²) in [7, 11) is 0. The van der Waals surface area contributed by atoms with Crippen LogP contribution in [0.5, 0.6) is 5.75 Å². The molecule has 1 atom stereocenters. The van der Waals surface area contributed by atoms with Gasteiger partial charge in [0.2, 0.25) is 0 Å². The molecule has 7 heteroatoms. The van der Waals surface area contributed by atoms with E-state index in [1.54, 1.807) is 24.3 Å². The lowest BCUT2D eigenvalue weighted by atomic mass is 9.88. The van der Waals surface area contributed by atoms with Crippen molar-refractivity contribution in [2.45, 2.75) is 39.8 Å². The predicted octanol–water partition coefficient (Wildman–Crippen LogP) is 3.79. The molecule has 1 unspecified atom stereocenters. The summed E-state index contributed by atoms with van der Waals surface area (Å²) >= 11 is 7.19. The molecule has 1 heterocycles. The van der Waals surface area contributed by atoms with Crippen molar-refractivity contribution in [1.29, 1.82) is 0 Å². The first-order valence-corrected chi connectivity index (χ1v) is 9.32. The Balaban J connectivity index is 2.06. The molecular weight excluding hydrogens is 358 g/mol. The van der Waals surface area contributed by atoms with E-state index in [1.807, 2.05) is 27.7 Å². The highest BCUT2D eigenvalue weighted by Gasteiger charge is 2.30. The van der Waals surface area contributed by atoms with E-state index in [-0.39, 0.29) is 11.8 Å². The number of aromatic nitrogens is 1. The summed E-state index contributed by atoms with van der Waals surface area (Å²) in [6.45, 7) is 8.54. The number of nitrogens with one attached hydrogen (secondary N) is 1. The lowest BCUT2D eigenvalue weighted by Gasteiger charge is -2.33. The molecule has 0 fully saturated rings. The zero-order valence-corrected chi connectivity index (χ0v) is 16.5. The van der Waals surface area contributed by atoms with Crippen molar-refractivity contribution in [2.24, 2.45) is 11.7 Å². The Kier molecular flexibility index (Phi) is 6.43. The number of carbonyl (C=O) groups excluding carboxylic acids is 1. The van der Waals surface area contributed by atoms with E-state index in [2.05, 4.69) is 10.3 Å². The van der Waals surface area contributed by atoms with Crippen molar-refractivity contribution in [3.8, 4) is 5.75 Å². The van der Waals surface area contributed by atoms with Crippen LogP contribution in [-0.2, 0) is 6.61 Å². The van der Waals surface area contributed by atoms with Crippen LogP contribution in [0.25, 0.3) is 0 Å². The summed E-state index contributed by atoms with van der Waals surface area (Å²) in [4.78, 5) is 17.7. The number of nitrogens with zero attached hydrogens (tertiary/aromatic N) is 1. The Morgan fingerprint density at radius 3 is 2.60 bits per heavy atom. The molecule has 0 aliphatic heterocycles. The molecule has 2 aromatic rings. The van der Waals surface area contributed by atoms with Crippen molar-refractivity contribution in [3.63, 3.8) is 0 Å². The highest BCUT2D eigenvalue weighted by atomic mass is 35.5. The number of thiazole rings is 1. The molecule has 0 aliphatic rings. The Bertz CT molecular complexity index is 730. The van der Waals surface area contributed by atoms with E-state index in [1.165, 1.54) is 11.3 Å². The first kappa shape index (κ1) is 19.7. The largest absolute Gasteiger partial charge is 0.486 e. The number of carbonyl (C=O) groups is 1. The van der Waals surface area contributed by atoms with Gasteiger partial charge in [-0.1, -0.05) is 25.4 Å². The summed E-state index contributed by atoms with van der Waals surface area (Å²) in [5, 5.41) is 4.45. The first-order chi connectivity index (χ1) is 11.7. The number of benzene rings is 1. The van der Waals surface area contributed by atoms with E-state index in [9.17, 15) is 4.79 Å². The quantitative estimate of drug-likeness (QED) is 0.764. The summed E-state index contributed by atoms with van der Waals surface area (Å²) in [6, 6.07) is 7.13. The maximum Gasteiger partial charge on any atom is 0.263 e. The van der Waals surface area contributed by atoms with Crippen LogP contribution < -0.4 is 15.8 Å². The fourth-order valence-electron chi connectivity index (χ4n) is 2.15. The molecule has 1 amide bonds. The third kappa shape index (κ3) is 4.93. The molecule has 3 N–H and O–H groups in total. The van der Waals surface area contributed by atoms with Crippen LogP contribution in [-0.4, -0.2) is 23.0 Å². The number of hydrogen-bond donors (Lipinski definition) is 2. The van der Waals surface area contributed by atoms with Crippen molar-refractivity contribution in [3.05, 3.63) is 44.9 Å². The highest BCUT2D eigenvalue weighted by Crippen LogP contribution is 2.23. The number of amides is 1. The molecule has 0 saturated carbocycles. The third-order valence-corrected chi connectivity index (χ3v) is 5.70. The van der Waals surface area contributed by atoms with Gasteiger partial charge < -0.3 is 15.8 Å². The van der Waals surface area contributed by atoms with Gasteiger partial charge in [-0.15, -0.1) is 11.3 Å². The first-order valence-electron chi connectivity index (χ1n) is 8.12. The van der Waals surface area contributed by atoms with Crippen LogP contribution in [0.15, 0.2) is 24.3 Å². The minimum Gasteiger partial charge on any atom is -0.486 e. The normalized spacial score (nSPS) is 13.6. The Hall–Kier alpha value is -1.63. The van der Waals surface area contributed by atoms with Crippen LogP contribution >= 0.6 is 22.9 Å². The molecule has 1 aromatic carbocycles. The fourth-order valence-corrected chi connectivity index (χ4v) is 3.15. The number of aryl methyl sites for hydroxylation is 1. The van der Waals surface area contributed by atoms with E-state index < -0.39 is 5.54 Å². The number of rotatable bonds is 7. The molecule has 136 valence electrons. The van der Waals surface area contributed by atoms with Gasteiger partial charge in [-0.3, -0.25) is 4.79 Å². The number of ether oxygens (including phenoxy) is 1. The predicted molar refractivity (Wildman–Crippen MR) is 102 cm³/mol. The average molecular weight is 382 g/mol. The molecule has 25 heavy (non-hydrogen) atoms. The Morgan fingerprint density at radius 2 is 2.04 bits per heavy atom. The van der Waals surface area contributed by atoms with Gasteiger partial charge in [-0.25, -0.2) is 4.98 Å². The van der Waals surface area contributed by atoms with Crippen LogP contribution in [0.1, 0.15) is 41.1 Å². The minimum atomic E-state index is -0.451. The van der Waals surface area contributed by atoms with Gasteiger partial charge in [0.15, 0.2) is 0 Å².